The van der Waals surface area contributed by atoms with Gasteiger partial charge in [-0.1, -0.05) is 25.2 Å². The molecule has 0 aromatic carbocycles. The molecule has 0 aliphatic rings. The highest BCUT2D eigenvalue weighted by atomic mass is 32.9. The van der Waals surface area contributed by atoms with Gasteiger partial charge in [0.15, 0.2) is 5.62 Å². The molecule has 2 N–H and O–H groups in total. The first-order valence-corrected chi connectivity index (χ1v) is 8.53. The Kier molecular flexibility index (Phi) is 6.87. The lowest BCUT2D eigenvalue weighted by Crippen LogP contribution is -1.97. The van der Waals surface area contributed by atoms with E-state index in [1.807, 2.05) is 6.92 Å². The van der Waals surface area contributed by atoms with Crippen molar-refractivity contribution in [3.63, 3.8) is 0 Å². The molecule has 2 nitrogen and oxygen atoms in total. The van der Waals surface area contributed by atoms with Crippen molar-refractivity contribution in [3.05, 3.63) is 0 Å². The van der Waals surface area contributed by atoms with Gasteiger partial charge in [0.1, 0.15) is 0 Å². The normalized spacial score (nSPS) is 16.4. The molecule has 0 aromatic heterocycles. The minimum Gasteiger partial charge on any atom is -0.331 e. The van der Waals surface area contributed by atoms with E-state index in [0.29, 0.717) is 12.5 Å². The average Bonchev–Trinajstić information content (AvgIpc) is 1.85. The van der Waals surface area contributed by atoms with E-state index in [-0.39, 0.29) is 0 Å². The molecule has 0 aliphatic carbocycles. The summed E-state index contributed by atoms with van der Waals surface area (Å²) in [4.78, 5) is 0. The van der Waals surface area contributed by atoms with Gasteiger partial charge in [0.25, 0.3) is 0 Å². The van der Waals surface area contributed by atoms with Crippen LogP contribution in [-0.4, -0.2) is 12.4 Å². The molecule has 0 fully saturated rings. The molecule has 0 saturated heterocycles. The molecule has 0 heterocycles. The van der Waals surface area contributed by atoms with Crippen molar-refractivity contribution in [2.45, 2.75) is 27.2 Å². The fourth-order valence-corrected chi connectivity index (χ4v) is 4.51. The zero-order valence-electron chi connectivity index (χ0n) is 7.95. The Hall–Kier alpha value is 0.920. The third-order valence-electron chi connectivity index (χ3n) is 1.28. The molecule has 12 heavy (non-hydrogen) atoms. The summed E-state index contributed by atoms with van der Waals surface area (Å²) in [5.41, 5.74) is 3.78. The second-order valence-electron chi connectivity index (χ2n) is 2.97. The van der Waals surface area contributed by atoms with Crippen molar-refractivity contribution >= 4 is 28.8 Å². The molecule has 0 radical (unpaired) electrons. The third-order valence-corrected chi connectivity index (χ3v) is 5.88. The van der Waals surface area contributed by atoms with Crippen LogP contribution in [0.15, 0.2) is 0 Å². The molecule has 0 aromatic rings. The van der Waals surface area contributed by atoms with E-state index in [1.54, 1.807) is 11.4 Å². The molecule has 1 unspecified atom stereocenters. The van der Waals surface area contributed by atoms with Gasteiger partial charge in [-0.05, 0) is 31.1 Å². The number of nitrogens with two attached hydrogens (primary N) is 1. The van der Waals surface area contributed by atoms with Crippen molar-refractivity contribution in [1.82, 2.24) is 0 Å². The van der Waals surface area contributed by atoms with E-state index in [2.05, 4.69) is 13.8 Å². The molecule has 0 bridgehead atoms. The molecular formula is C7H18NOPS2. The SMILES string of the molecule is CCOP(N)(=S)SCCC(C)C. The molecule has 74 valence electrons. The Morgan fingerprint density at radius 1 is 1.58 bits per heavy atom. The quantitative estimate of drug-likeness (QED) is 0.708. The molecule has 0 rings (SSSR count). The van der Waals surface area contributed by atoms with E-state index in [1.165, 1.54) is 0 Å². The average molecular weight is 227 g/mol. The standard InChI is InChI=1S/C7H18NOPS2/c1-4-9-10(8,11)12-6-5-7(2)3/h7H,4-6H2,1-3H3,(H2,8,11). The molecule has 0 spiro atoms. The number of hydrogen-bond acceptors (Lipinski definition) is 3. The summed E-state index contributed by atoms with van der Waals surface area (Å²) < 4.78 is 5.28. The van der Waals surface area contributed by atoms with E-state index in [0.717, 1.165) is 12.2 Å². The molecule has 5 heteroatoms. The summed E-state index contributed by atoms with van der Waals surface area (Å²) in [5.74, 6) is 1.74. The van der Waals surface area contributed by atoms with Gasteiger partial charge in [-0.3, -0.25) is 5.50 Å². The van der Waals surface area contributed by atoms with Crippen molar-refractivity contribution in [2.24, 2.45) is 11.4 Å². The maximum absolute atomic E-state index is 5.78. The minimum atomic E-state index is -2.00. The van der Waals surface area contributed by atoms with E-state index in [4.69, 9.17) is 21.8 Å². The Morgan fingerprint density at radius 3 is 2.58 bits per heavy atom. The minimum absolute atomic E-state index is 0.627. The second kappa shape index (κ2) is 6.39. The highest BCUT2D eigenvalue weighted by molar-refractivity contribution is 8.68. The summed E-state index contributed by atoms with van der Waals surface area (Å²) in [6.45, 7) is 6.95. The Bertz CT molecular complexity index is 163. The van der Waals surface area contributed by atoms with Crippen LogP contribution in [0.1, 0.15) is 27.2 Å². The van der Waals surface area contributed by atoms with Crippen LogP contribution in [-0.2, 0) is 16.3 Å². The lowest BCUT2D eigenvalue weighted by atomic mass is 10.2. The predicted octanol–water partition coefficient (Wildman–Crippen LogP) is 2.99. The molecule has 0 aliphatic heterocycles. The topological polar surface area (TPSA) is 35.2 Å². The zero-order valence-corrected chi connectivity index (χ0v) is 10.5. The van der Waals surface area contributed by atoms with Crippen LogP contribution in [0, 0.1) is 5.92 Å². The summed E-state index contributed by atoms with van der Waals surface area (Å²) in [5, 5.41) is 0. The van der Waals surface area contributed by atoms with Crippen LogP contribution in [0.5, 0.6) is 0 Å². The van der Waals surface area contributed by atoms with Crippen LogP contribution >= 0.6 is 17.0 Å². The molecule has 1 atom stereocenters. The van der Waals surface area contributed by atoms with Crippen LogP contribution in [0.4, 0.5) is 0 Å². The maximum atomic E-state index is 5.78. The smallest absolute Gasteiger partial charge is 0.183 e. The number of rotatable bonds is 6. The first-order valence-electron chi connectivity index (χ1n) is 4.15. The van der Waals surface area contributed by atoms with Crippen LogP contribution in [0.25, 0.3) is 0 Å². The third kappa shape index (κ3) is 7.56. The van der Waals surface area contributed by atoms with E-state index < -0.39 is 5.62 Å². The Labute approximate surface area is 84.5 Å². The van der Waals surface area contributed by atoms with Gasteiger partial charge in [-0.25, -0.2) is 0 Å². The van der Waals surface area contributed by atoms with Gasteiger partial charge < -0.3 is 4.52 Å². The molecule has 0 saturated carbocycles. The summed E-state index contributed by atoms with van der Waals surface area (Å²) in [6, 6.07) is 0. The van der Waals surface area contributed by atoms with Crippen molar-refractivity contribution in [1.29, 1.82) is 0 Å². The van der Waals surface area contributed by atoms with Crippen LogP contribution in [0.3, 0.4) is 0 Å². The summed E-state index contributed by atoms with van der Waals surface area (Å²) in [6.07, 6.45) is 1.16. The predicted molar refractivity (Wildman–Crippen MR) is 62.0 cm³/mol. The zero-order chi connectivity index (χ0) is 9.61. The van der Waals surface area contributed by atoms with Gasteiger partial charge in [-0.2, -0.15) is 0 Å². The first-order chi connectivity index (χ1) is 5.48. The lowest BCUT2D eigenvalue weighted by molar-refractivity contribution is 0.385. The van der Waals surface area contributed by atoms with Crippen LogP contribution in [0.2, 0.25) is 0 Å². The van der Waals surface area contributed by atoms with Gasteiger partial charge in [0, 0.05) is 5.75 Å². The van der Waals surface area contributed by atoms with Crippen molar-refractivity contribution in [2.75, 3.05) is 12.4 Å². The first kappa shape index (κ1) is 12.9. The fraction of sp³-hybridized carbons (Fsp3) is 1.00. The monoisotopic (exact) mass is 227 g/mol. The highest BCUT2D eigenvalue weighted by Crippen LogP contribution is 2.52. The van der Waals surface area contributed by atoms with Gasteiger partial charge >= 0.3 is 0 Å². The second-order valence-corrected chi connectivity index (χ2v) is 9.70. The van der Waals surface area contributed by atoms with Crippen molar-refractivity contribution < 1.29 is 4.52 Å². The van der Waals surface area contributed by atoms with Crippen molar-refractivity contribution in [3.8, 4) is 0 Å². The molecular weight excluding hydrogens is 209 g/mol. The summed E-state index contributed by atoms with van der Waals surface area (Å²) in [7, 11) is 0. The van der Waals surface area contributed by atoms with Gasteiger partial charge in [0.05, 0.1) is 6.61 Å². The fourth-order valence-electron chi connectivity index (χ4n) is 0.633. The summed E-state index contributed by atoms with van der Waals surface area (Å²) >= 11 is 6.74. The Balaban J connectivity index is 3.54. The Morgan fingerprint density at radius 2 is 2.17 bits per heavy atom. The highest BCUT2D eigenvalue weighted by Gasteiger charge is 2.10. The van der Waals surface area contributed by atoms with E-state index >= 15 is 0 Å². The maximum Gasteiger partial charge on any atom is 0.183 e. The molecule has 0 amide bonds. The van der Waals surface area contributed by atoms with Gasteiger partial charge in [-0.15, -0.1) is 0 Å². The van der Waals surface area contributed by atoms with Crippen LogP contribution < -0.4 is 5.50 Å². The number of hydrogen-bond donors (Lipinski definition) is 1. The largest absolute Gasteiger partial charge is 0.331 e. The van der Waals surface area contributed by atoms with E-state index in [9.17, 15) is 0 Å². The lowest BCUT2D eigenvalue weighted by Gasteiger charge is -2.15. The van der Waals surface area contributed by atoms with Gasteiger partial charge in [0.2, 0.25) is 0 Å².